The molecule has 0 spiro atoms. The third-order valence-electron chi connectivity index (χ3n) is 3.31. The van der Waals surface area contributed by atoms with Crippen molar-refractivity contribution < 1.29 is 9.53 Å². The van der Waals surface area contributed by atoms with E-state index < -0.39 is 0 Å². The molecule has 25 heavy (non-hydrogen) atoms. The number of nitrogens with one attached hydrogen (secondary N) is 1. The third kappa shape index (κ3) is 6.38. The Bertz CT molecular complexity index is 783. The SMILES string of the molecule is COc1ccc(/C(C)=N\NC(=O)CSCc2cccc(Cl)c2)cc1Br. The molecular weight excluding hydrogens is 424 g/mol. The highest BCUT2D eigenvalue weighted by atomic mass is 79.9. The molecule has 0 radical (unpaired) electrons. The summed E-state index contributed by atoms with van der Waals surface area (Å²) < 4.78 is 6.04. The van der Waals surface area contributed by atoms with Gasteiger partial charge in [0.25, 0.3) is 0 Å². The zero-order chi connectivity index (χ0) is 18.2. The van der Waals surface area contributed by atoms with Gasteiger partial charge in [0.15, 0.2) is 0 Å². The van der Waals surface area contributed by atoms with E-state index in [2.05, 4.69) is 26.5 Å². The molecule has 2 rings (SSSR count). The van der Waals surface area contributed by atoms with E-state index >= 15 is 0 Å². The van der Waals surface area contributed by atoms with Crippen LogP contribution >= 0.6 is 39.3 Å². The Morgan fingerprint density at radius 2 is 2.12 bits per heavy atom. The number of hydrogen-bond acceptors (Lipinski definition) is 4. The molecule has 0 saturated carbocycles. The summed E-state index contributed by atoms with van der Waals surface area (Å²) in [6, 6.07) is 13.3. The average molecular weight is 442 g/mol. The molecule has 0 bridgehead atoms. The number of hydrazone groups is 1. The highest BCUT2D eigenvalue weighted by Crippen LogP contribution is 2.25. The van der Waals surface area contributed by atoms with Gasteiger partial charge >= 0.3 is 0 Å². The topological polar surface area (TPSA) is 50.7 Å². The van der Waals surface area contributed by atoms with Gasteiger partial charge in [0, 0.05) is 10.8 Å². The summed E-state index contributed by atoms with van der Waals surface area (Å²) >= 11 is 10.9. The van der Waals surface area contributed by atoms with Crippen LogP contribution in [0.1, 0.15) is 18.1 Å². The van der Waals surface area contributed by atoms with E-state index in [-0.39, 0.29) is 5.91 Å². The van der Waals surface area contributed by atoms with Crippen molar-refractivity contribution in [3.63, 3.8) is 0 Å². The second-order valence-electron chi connectivity index (χ2n) is 5.20. The number of rotatable bonds is 7. The van der Waals surface area contributed by atoms with Crippen LogP contribution in [-0.4, -0.2) is 24.5 Å². The summed E-state index contributed by atoms with van der Waals surface area (Å²) in [6.45, 7) is 1.84. The maximum absolute atomic E-state index is 11.9. The van der Waals surface area contributed by atoms with Gasteiger partial charge in [-0.05, 0) is 64.3 Å². The number of carbonyl (C=O) groups excluding carboxylic acids is 1. The lowest BCUT2D eigenvalue weighted by Crippen LogP contribution is -2.21. The van der Waals surface area contributed by atoms with E-state index in [0.717, 1.165) is 32.8 Å². The maximum atomic E-state index is 11.9. The molecule has 4 nitrogen and oxygen atoms in total. The normalized spacial score (nSPS) is 11.3. The Morgan fingerprint density at radius 1 is 1.32 bits per heavy atom. The minimum absolute atomic E-state index is 0.140. The molecule has 0 fully saturated rings. The van der Waals surface area contributed by atoms with E-state index in [1.807, 2.05) is 49.4 Å². The molecule has 0 unspecified atom stereocenters. The van der Waals surface area contributed by atoms with Crippen molar-refractivity contribution in [3.05, 3.63) is 63.1 Å². The Balaban J connectivity index is 1.83. The number of amides is 1. The number of hydrogen-bond donors (Lipinski definition) is 1. The number of ether oxygens (including phenoxy) is 1. The summed E-state index contributed by atoms with van der Waals surface area (Å²) in [5.74, 6) is 1.66. The van der Waals surface area contributed by atoms with E-state index in [1.54, 1.807) is 7.11 Å². The molecule has 0 aliphatic heterocycles. The van der Waals surface area contributed by atoms with Crippen molar-refractivity contribution in [2.45, 2.75) is 12.7 Å². The van der Waals surface area contributed by atoms with Gasteiger partial charge < -0.3 is 4.74 Å². The second-order valence-corrected chi connectivity index (χ2v) is 7.48. The summed E-state index contributed by atoms with van der Waals surface area (Å²) in [7, 11) is 1.61. The van der Waals surface area contributed by atoms with Gasteiger partial charge in [0.1, 0.15) is 5.75 Å². The van der Waals surface area contributed by atoms with E-state index in [1.165, 1.54) is 11.8 Å². The van der Waals surface area contributed by atoms with Gasteiger partial charge in [-0.2, -0.15) is 5.10 Å². The van der Waals surface area contributed by atoms with Crippen LogP contribution in [0.25, 0.3) is 0 Å². The Labute approximate surface area is 165 Å². The highest BCUT2D eigenvalue weighted by molar-refractivity contribution is 9.10. The molecule has 2 aromatic carbocycles. The zero-order valence-corrected chi connectivity index (χ0v) is 17.0. The van der Waals surface area contributed by atoms with Crippen molar-refractivity contribution in [1.82, 2.24) is 5.43 Å². The van der Waals surface area contributed by atoms with Gasteiger partial charge in [-0.15, -0.1) is 11.8 Å². The molecule has 0 saturated heterocycles. The van der Waals surface area contributed by atoms with E-state index in [4.69, 9.17) is 16.3 Å². The van der Waals surface area contributed by atoms with Crippen LogP contribution in [0.5, 0.6) is 5.75 Å². The molecule has 1 amide bonds. The van der Waals surface area contributed by atoms with Crippen LogP contribution in [0.3, 0.4) is 0 Å². The number of thioether (sulfide) groups is 1. The monoisotopic (exact) mass is 440 g/mol. The first-order valence-electron chi connectivity index (χ1n) is 7.49. The lowest BCUT2D eigenvalue weighted by Gasteiger charge is -2.07. The number of nitrogens with zero attached hydrogens (tertiary/aromatic N) is 1. The summed E-state index contributed by atoms with van der Waals surface area (Å²) in [4.78, 5) is 11.9. The maximum Gasteiger partial charge on any atom is 0.250 e. The standard InChI is InChI=1S/C18H18BrClN2O2S/c1-12(14-6-7-17(24-2)16(19)9-14)21-22-18(23)11-25-10-13-4-3-5-15(20)8-13/h3-9H,10-11H2,1-2H3,(H,22,23)/b21-12-. The van der Waals surface area contributed by atoms with Crippen molar-refractivity contribution in [2.75, 3.05) is 12.9 Å². The molecule has 0 heterocycles. The smallest absolute Gasteiger partial charge is 0.250 e. The van der Waals surface area contributed by atoms with E-state index in [9.17, 15) is 4.79 Å². The number of methoxy groups -OCH3 is 1. The fourth-order valence-corrected chi connectivity index (χ4v) is 3.54. The first-order chi connectivity index (χ1) is 12.0. The first kappa shape index (κ1) is 19.8. The summed E-state index contributed by atoms with van der Waals surface area (Å²) in [5.41, 5.74) is 5.29. The van der Waals surface area contributed by atoms with Gasteiger partial charge in [0.05, 0.1) is 23.0 Å². The summed E-state index contributed by atoms with van der Waals surface area (Å²) in [5, 5.41) is 4.85. The van der Waals surface area contributed by atoms with Gasteiger partial charge in [-0.1, -0.05) is 23.7 Å². The van der Waals surface area contributed by atoms with Crippen LogP contribution < -0.4 is 10.2 Å². The van der Waals surface area contributed by atoms with Crippen molar-refractivity contribution in [2.24, 2.45) is 5.10 Å². The van der Waals surface area contributed by atoms with Crippen LogP contribution in [0.4, 0.5) is 0 Å². The summed E-state index contributed by atoms with van der Waals surface area (Å²) in [6.07, 6.45) is 0. The lowest BCUT2D eigenvalue weighted by molar-refractivity contribution is -0.118. The fraction of sp³-hybridized carbons (Fsp3) is 0.222. The largest absolute Gasteiger partial charge is 0.496 e. The Morgan fingerprint density at radius 3 is 2.80 bits per heavy atom. The van der Waals surface area contributed by atoms with Gasteiger partial charge in [0.2, 0.25) is 5.91 Å². The molecule has 0 aliphatic carbocycles. The predicted molar refractivity (Wildman–Crippen MR) is 109 cm³/mol. The van der Waals surface area contributed by atoms with Crippen LogP contribution in [0.2, 0.25) is 5.02 Å². The van der Waals surface area contributed by atoms with Crippen molar-refractivity contribution in [3.8, 4) is 5.75 Å². The minimum Gasteiger partial charge on any atom is -0.496 e. The number of benzene rings is 2. The van der Waals surface area contributed by atoms with Crippen molar-refractivity contribution in [1.29, 1.82) is 0 Å². The molecule has 7 heteroatoms. The van der Waals surface area contributed by atoms with Crippen LogP contribution in [0.15, 0.2) is 52.0 Å². The Hall–Kier alpha value is -1.50. The zero-order valence-electron chi connectivity index (χ0n) is 13.9. The van der Waals surface area contributed by atoms with Crippen LogP contribution in [0, 0.1) is 0 Å². The van der Waals surface area contributed by atoms with Crippen molar-refractivity contribution >= 4 is 50.9 Å². The molecule has 0 atom stereocenters. The van der Waals surface area contributed by atoms with Gasteiger partial charge in [-0.3, -0.25) is 4.79 Å². The Kier molecular flexibility index (Phi) is 7.81. The van der Waals surface area contributed by atoms with Gasteiger partial charge in [-0.25, -0.2) is 5.43 Å². The van der Waals surface area contributed by atoms with E-state index in [0.29, 0.717) is 10.8 Å². The second kappa shape index (κ2) is 9.85. The first-order valence-corrected chi connectivity index (χ1v) is 9.81. The quantitative estimate of drug-likeness (QED) is 0.492. The number of halogens is 2. The third-order valence-corrected chi connectivity index (χ3v) is 5.17. The van der Waals surface area contributed by atoms with Crippen LogP contribution in [-0.2, 0) is 10.5 Å². The highest BCUT2D eigenvalue weighted by Gasteiger charge is 2.05. The molecule has 0 aromatic heterocycles. The number of carbonyl (C=O) groups is 1. The predicted octanol–water partition coefficient (Wildman–Crippen LogP) is 4.88. The molecule has 1 N–H and O–H groups in total. The average Bonchev–Trinajstić information content (AvgIpc) is 2.59. The molecule has 0 aliphatic rings. The molecule has 132 valence electrons. The molecule has 2 aromatic rings. The fourth-order valence-electron chi connectivity index (χ4n) is 2.02. The lowest BCUT2D eigenvalue weighted by atomic mass is 10.1. The molecular formula is C18H18BrClN2O2S. The minimum atomic E-state index is -0.140.